The van der Waals surface area contributed by atoms with Crippen molar-refractivity contribution in [2.24, 2.45) is 11.5 Å². The van der Waals surface area contributed by atoms with Crippen molar-refractivity contribution < 1.29 is 39.3 Å². The van der Waals surface area contributed by atoms with Gasteiger partial charge in [-0.1, -0.05) is 0 Å². The number of hydrogen-bond acceptors (Lipinski definition) is 7. The number of rotatable bonds is 14. The first-order chi connectivity index (χ1) is 13.4. The molecule has 0 fully saturated rings. The maximum absolute atomic E-state index is 12.3. The Bertz CT molecular complexity index is 640. The molecule has 14 heteroatoms. The van der Waals surface area contributed by atoms with Crippen molar-refractivity contribution in [3.63, 3.8) is 0 Å². The van der Waals surface area contributed by atoms with Gasteiger partial charge in [-0.05, 0) is 19.3 Å². The van der Waals surface area contributed by atoms with E-state index in [-0.39, 0.29) is 31.8 Å². The van der Waals surface area contributed by atoms with Crippen molar-refractivity contribution in [1.29, 1.82) is 5.41 Å². The molecule has 0 saturated carbocycles. The van der Waals surface area contributed by atoms with E-state index in [2.05, 4.69) is 16.0 Å². The number of nitrogens with one attached hydrogen (secondary N) is 4. The molecule has 0 spiro atoms. The summed E-state index contributed by atoms with van der Waals surface area (Å²) in [5, 5.41) is 40.4. The fourth-order valence-electron chi connectivity index (χ4n) is 2.13. The SMILES string of the molecule is N=C(N)NCCC[C@H](NC(=O)[C@H](CC(=O)O)NC(=O)[C@@H](N)CCC(=O)O)C(=O)O. The minimum absolute atomic E-state index is 0.0484. The Balaban J connectivity index is 4.95. The molecule has 0 aromatic rings. The highest BCUT2D eigenvalue weighted by Gasteiger charge is 2.29. The number of carboxylic acids is 3. The van der Waals surface area contributed by atoms with Gasteiger partial charge in [-0.3, -0.25) is 24.6 Å². The zero-order valence-corrected chi connectivity index (χ0v) is 15.5. The average molecular weight is 418 g/mol. The number of aliphatic carboxylic acids is 3. The molecule has 29 heavy (non-hydrogen) atoms. The fourth-order valence-corrected chi connectivity index (χ4v) is 2.13. The highest BCUT2D eigenvalue weighted by Crippen LogP contribution is 2.02. The smallest absolute Gasteiger partial charge is 0.326 e. The summed E-state index contributed by atoms with van der Waals surface area (Å²) in [7, 11) is 0. The molecular weight excluding hydrogens is 392 g/mol. The van der Waals surface area contributed by atoms with Crippen LogP contribution in [0.15, 0.2) is 0 Å². The van der Waals surface area contributed by atoms with E-state index in [1.165, 1.54) is 0 Å². The molecule has 0 radical (unpaired) electrons. The Hall–Kier alpha value is -3.42. The summed E-state index contributed by atoms with van der Waals surface area (Å²) in [6, 6.07) is -4.26. The summed E-state index contributed by atoms with van der Waals surface area (Å²) >= 11 is 0. The topological polar surface area (TPSA) is 258 Å². The number of guanidine groups is 1. The van der Waals surface area contributed by atoms with Crippen LogP contribution < -0.4 is 27.4 Å². The van der Waals surface area contributed by atoms with Crippen molar-refractivity contribution >= 4 is 35.7 Å². The van der Waals surface area contributed by atoms with Crippen molar-refractivity contribution in [3.8, 4) is 0 Å². The van der Waals surface area contributed by atoms with E-state index in [0.29, 0.717) is 0 Å². The van der Waals surface area contributed by atoms with Crippen LogP contribution in [0.5, 0.6) is 0 Å². The van der Waals surface area contributed by atoms with Crippen LogP contribution in [-0.4, -0.2) is 75.7 Å². The van der Waals surface area contributed by atoms with Gasteiger partial charge in [-0.25, -0.2) is 4.79 Å². The molecule has 0 aliphatic carbocycles. The molecule has 0 aromatic heterocycles. The third-order valence-electron chi connectivity index (χ3n) is 3.62. The van der Waals surface area contributed by atoms with Gasteiger partial charge >= 0.3 is 17.9 Å². The monoisotopic (exact) mass is 418 g/mol. The highest BCUT2D eigenvalue weighted by molar-refractivity contribution is 5.94. The molecule has 11 N–H and O–H groups in total. The molecule has 0 aliphatic rings. The van der Waals surface area contributed by atoms with Gasteiger partial charge in [0.15, 0.2) is 5.96 Å². The number of carboxylic acid groups (broad SMARTS) is 3. The Morgan fingerprint density at radius 3 is 1.97 bits per heavy atom. The van der Waals surface area contributed by atoms with E-state index in [1.807, 2.05) is 0 Å². The van der Waals surface area contributed by atoms with Crippen LogP contribution in [-0.2, 0) is 24.0 Å². The van der Waals surface area contributed by atoms with Gasteiger partial charge in [0, 0.05) is 13.0 Å². The van der Waals surface area contributed by atoms with Crippen LogP contribution >= 0.6 is 0 Å². The summed E-state index contributed by atoms with van der Waals surface area (Å²) in [5.41, 5.74) is 10.6. The van der Waals surface area contributed by atoms with E-state index in [0.717, 1.165) is 0 Å². The predicted octanol–water partition coefficient (Wildman–Crippen LogP) is -3.03. The molecular formula is C15H26N6O8. The molecule has 2 amide bonds. The van der Waals surface area contributed by atoms with Crippen molar-refractivity contribution in [2.75, 3.05) is 6.54 Å². The van der Waals surface area contributed by atoms with Gasteiger partial charge in [0.05, 0.1) is 12.5 Å². The van der Waals surface area contributed by atoms with Crippen LogP contribution in [0.2, 0.25) is 0 Å². The van der Waals surface area contributed by atoms with Crippen LogP contribution in [0.3, 0.4) is 0 Å². The van der Waals surface area contributed by atoms with Gasteiger partial charge in [-0.2, -0.15) is 0 Å². The molecule has 3 atom stereocenters. The lowest BCUT2D eigenvalue weighted by Crippen LogP contribution is -2.55. The predicted molar refractivity (Wildman–Crippen MR) is 97.7 cm³/mol. The number of hydrogen-bond donors (Lipinski definition) is 9. The van der Waals surface area contributed by atoms with Gasteiger partial charge in [0.1, 0.15) is 12.1 Å². The maximum Gasteiger partial charge on any atom is 0.326 e. The third kappa shape index (κ3) is 11.8. The minimum Gasteiger partial charge on any atom is -0.481 e. The number of amides is 2. The first-order valence-corrected chi connectivity index (χ1v) is 8.54. The van der Waals surface area contributed by atoms with Crippen molar-refractivity contribution in [2.45, 2.75) is 50.2 Å². The minimum atomic E-state index is -1.60. The van der Waals surface area contributed by atoms with Crippen LogP contribution in [0.1, 0.15) is 32.1 Å². The second kappa shape index (κ2) is 12.9. The van der Waals surface area contributed by atoms with Crippen LogP contribution in [0.4, 0.5) is 0 Å². The molecule has 0 unspecified atom stereocenters. The Morgan fingerprint density at radius 1 is 0.897 bits per heavy atom. The van der Waals surface area contributed by atoms with Crippen LogP contribution in [0.25, 0.3) is 0 Å². The van der Waals surface area contributed by atoms with Crippen LogP contribution in [0, 0.1) is 5.41 Å². The first kappa shape index (κ1) is 25.6. The second-order valence-electron chi connectivity index (χ2n) is 6.08. The lowest BCUT2D eigenvalue weighted by Gasteiger charge is -2.22. The molecule has 0 saturated heterocycles. The summed E-state index contributed by atoms with van der Waals surface area (Å²) in [5.74, 6) is -6.27. The van der Waals surface area contributed by atoms with E-state index >= 15 is 0 Å². The standard InChI is InChI=1S/C15H26N6O8/c16-7(3-4-10(22)23)12(26)21-9(6-11(24)25)13(27)20-8(14(28)29)2-1-5-19-15(17)18/h7-9H,1-6,16H2,(H,20,27)(H,21,26)(H,22,23)(H,24,25)(H,28,29)(H4,17,18,19)/t7-,8-,9-/m0/s1. The Morgan fingerprint density at radius 2 is 1.48 bits per heavy atom. The number of carbonyl (C=O) groups excluding carboxylic acids is 2. The Kier molecular flexibility index (Phi) is 11.4. The largest absolute Gasteiger partial charge is 0.481 e. The van der Waals surface area contributed by atoms with Gasteiger partial charge in [0.25, 0.3) is 0 Å². The highest BCUT2D eigenvalue weighted by atomic mass is 16.4. The molecule has 0 aromatic carbocycles. The summed E-state index contributed by atoms with van der Waals surface area (Å²) in [6.45, 7) is 0.183. The second-order valence-corrected chi connectivity index (χ2v) is 6.08. The van der Waals surface area contributed by atoms with Gasteiger partial charge < -0.3 is 42.7 Å². The molecule has 164 valence electrons. The number of carbonyl (C=O) groups is 5. The summed E-state index contributed by atoms with van der Waals surface area (Å²) < 4.78 is 0. The molecule has 0 heterocycles. The molecule has 14 nitrogen and oxygen atoms in total. The average Bonchev–Trinajstić information content (AvgIpc) is 2.60. The van der Waals surface area contributed by atoms with E-state index in [4.69, 9.17) is 27.1 Å². The van der Waals surface area contributed by atoms with Crippen molar-refractivity contribution in [1.82, 2.24) is 16.0 Å². The lowest BCUT2D eigenvalue weighted by atomic mass is 10.1. The Labute approximate surface area is 165 Å². The molecule has 0 aliphatic heterocycles. The van der Waals surface area contributed by atoms with Gasteiger partial charge in [-0.15, -0.1) is 0 Å². The van der Waals surface area contributed by atoms with Gasteiger partial charge in [0.2, 0.25) is 11.8 Å². The van der Waals surface area contributed by atoms with E-state index in [1.54, 1.807) is 0 Å². The quantitative estimate of drug-likeness (QED) is 0.0778. The third-order valence-corrected chi connectivity index (χ3v) is 3.62. The zero-order valence-electron chi connectivity index (χ0n) is 15.5. The number of nitrogens with two attached hydrogens (primary N) is 2. The van der Waals surface area contributed by atoms with E-state index in [9.17, 15) is 29.1 Å². The van der Waals surface area contributed by atoms with Crippen molar-refractivity contribution in [3.05, 3.63) is 0 Å². The first-order valence-electron chi connectivity index (χ1n) is 8.54. The van der Waals surface area contributed by atoms with E-state index < -0.39 is 60.7 Å². The maximum atomic E-state index is 12.3. The fraction of sp³-hybridized carbons (Fsp3) is 0.600. The zero-order chi connectivity index (χ0) is 22.6. The molecule has 0 rings (SSSR count). The molecule has 0 bridgehead atoms. The lowest BCUT2D eigenvalue weighted by molar-refractivity contribution is -0.143. The normalized spacial score (nSPS) is 13.4. The summed E-state index contributed by atoms with van der Waals surface area (Å²) in [6.07, 6.45) is -1.29. The summed E-state index contributed by atoms with van der Waals surface area (Å²) in [4.78, 5) is 57.1.